The molecule has 1 amide bonds. The average Bonchev–Trinajstić information content (AvgIpc) is 2.75. The molecule has 3 rings (SSSR count). The molecule has 1 saturated carbocycles. The summed E-state index contributed by atoms with van der Waals surface area (Å²) in [5.74, 6) is 0.981. The predicted octanol–water partition coefficient (Wildman–Crippen LogP) is 2.89. The SMILES string of the molecule is CCOc1ccccc1N1CCN(CC(=O)N(C)C2(C#N)CCCCC2)CC1. The minimum atomic E-state index is -0.604. The third-order valence-electron chi connectivity index (χ3n) is 6.14. The van der Waals surface area contributed by atoms with Gasteiger partial charge in [-0.3, -0.25) is 9.69 Å². The van der Waals surface area contributed by atoms with Gasteiger partial charge in [-0.25, -0.2) is 0 Å². The number of ether oxygens (including phenoxy) is 1. The maximum atomic E-state index is 12.9. The molecule has 2 aliphatic rings. The number of para-hydroxylation sites is 2. The Labute approximate surface area is 168 Å². The molecule has 28 heavy (non-hydrogen) atoms. The van der Waals surface area contributed by atoms with Crippen LogP contribution < -0.4 is 9.64 Å². The van der Waals surface area contributed by atoms with Gasteiger partial charge in [0.15, 0.2) is 0 Å². The molecule has 0 unspecified atom stereocenters. The van der Waals surface area contributed by atoms with Crippen LogP contribution in [-0.2, 0) is 4.79 Å². The van der Waals surface area contributed by atoms with Crippen LogP contribution in [0, 0.1) is 11.3 Å². The number of anilines is 1. The summed E-state index contributed by atoms with van der Waals surface area (Å²) in [6.07, 6.45) is 4.82. The van der Waals surface area contributed by atoms with Crippen LogP contribution >= 0.6 is 0 Å². The molecule has 1 heterocycles. The Hall–Kier alpha value is -2.26. The minimum Gasteiger partial charge on any atom is -0.492 e. The lowest BCUT2D eigenvalue weighted by molar-refractivity contribution is -0.136. The van der Waals surface area contributed by atoms with Crippen molar-refractivity contribution < 1.29 is 9.53 Å². The molecule has 0 N–H and O–H groups in total. The van der Waals surface area contributed by atoms with Crippen LogP contribution in [0.1, 0.15) is 39.0 Å². The van der Waals surface area contributed by atoms with Gasteiger partial charge in [-0.15, -0.1) is 0 Å². The van der Waals surface area contributed by atoms with E-state index in [1.54, 1.807) is 4.90 Å². The van der Waals surface area contributed by atoms with E-state index >= 15 is 0 Å². The molecule has 1 aliphatic carbocycles. The zero-order valence-electron chi connectivity index (χ0n) is 17.2. The van der Waals surface area contributed by atoms with Gasteiger partial charge in [0.25, 0.3) is 0 Å². The van der Waals surface area contributed by atoms with Gasteiger partial charge in [0.05, 0.1) is 24.9 Å². The molecular weight excluding hydrogens is 352 g/mol. The van der Waals surface area contributed by atoms with Crippen molar-refractivity contribution in [2.75, 3.05) is 51.3 Å². The van der Waals surface area contributed by atoms with Gasteiger partial charge in [-0.05, 0) is 31.9 Å². The van der Waals surface area contributed by atoms with Gasteiger partial charge < -0.3 is 14.5 Å². The number of benzene rings is 1. The summed E-state index contributed by atoms with van der Waals surface area (Å²) in [7, 11) is 1.81. The first-order valence-corrected chi connectivity index (χ1v) is 10.5. The van der Waals surface area contributed by atoms with Crippen molar-refractivity contribution in [2.24, 2.45) is 0 Å². The van der Waals surface area contributed by atoms with Gasteiger partial charge in [-0.2, -0.15) is 5.26 Å². The van der Waals surface area contributed by atoms with E-state index in [4.69, 9.17) is 4.74 Å². The fraction of sp³-hybridized carbons (Fsp3) is 0.636. The van der Waals surface area contributed by atoms with Crippen molar-refractivity contribution in [3.63, 3.8) is 0 Å². The number of piperazine rings is 1. The molecule has 152 valence electrons. The number of hydrogen-bond acceptors (Lipinski definition) is 5. The number of amides is 1. The first kappa shape index (κ1) is 20.5. The van der Waals surface area contributed by atoms with E-state index in [1.165, 1.54) is 0 Å². The molecule has 0 bridgehead atoms. The molecular formula is C22H32N4O2. The summed E-state index contributed by atoms with van der Waals surface area (Å²) < 4.78 is 5.76. The number of nitriles is 1. The molecule has 1 saturated heterocycles. The molecule has 0 radical (unpaired) electrons. The lowest BCUT2D eigenvalue weighted by Gasteiger charge is -2.41. The molecule has 6 heteroatoms. The van der Waals surface area contributed by atoms with Gasteiger partial charge in [0.1, 0.15) is 11.3 Å². The first-order valence-electron chi connectivity index (χ1n) is 10.5. The smallest absolute Gasteiger partial charge is 0.237 e. The minimum absolute atomic E-state index is 0.0617. The maximum absolute atomic E-state index is 12.9. The van der Waals surface area contributed by atoms with Crippen molar-refractivity contribution >= 4 is 11.6 Å². The Morgan fingerprint density at radius 1 is 1.18 bits per heavy atom. The second-order valence-electron chi connectivity index (χ2n) is 7.82. The van der Waals surface area contributed by atoms with E-state index in [0.29, 0.717) is 13.2 Å². The number of carbonyl (C=O) groups is 1. The molecule has 0 atom stereocenters. The van der Waals surface area contributed by atoms with Crippen LogP contribution in [-0.4, -0.2) is 67.6 Å². The monoisotopic (exact) mass is 384 g/mol. The fourth-order valence-corrected chi connectivity index (χ4v) is 4.34. The number of nitrogens with zero attached hydrogens (tertiary/aromatic N) is 4. The lowest BCUT2D eigenvalue weighted by Crippen LogP contribution is -2.55. The number of carbonyl (C=O) groups excluding carboxylic acids is 1. The highest BCUT2D eigenvalue weighted by Gasteiger charge is 2.39. The largest absolute Gasteiger partial charge is 0.492 e. The zero-order valence-corrected chi connectivity index (χ0v) is 17.2. The molecule has 1 aromatic rings. The van der Waals surface area contributed by atoms with Gasteiger partial charge in [0.2, 0.25) is 5.91 Å². The van der Waals surface area contributed by atoms with Crippen LogP contribution in [0.15, 0.2) is 24.3 Å². The van der Waals surface area contributed by atoms with E-state index in [2.05, 4.69) is 21.9 Å². The topological polar surface area (TPSA) is 59.8 Å². The Bertz CT molecular complexity index is 701. The zero-order chi connectivity index (χ0) is 20.0. The van der Waals surface area contributed by atoms with Crippen LogP contribution in [0.2, 0.25) is 0 Å². The molecule has 1 aliphatic heterocycles. The van der Waals surface area contributed by atoms with Crippen molar-refractivity contribution in [1.29, 1.82) is 5.26 Å². The summed E-state index contributed by atoms with van der Waals surface area (Å²) in [5, 5.41) is 9.72. The average molecular weight is 385 g/mol. The second-order valence-corrected chi connectivity index (χ2v) is 7.82. The standard InChI is InChI=1S/C22H32N4O2/c1-3-28-20-10-6-5-9-19(20)26-15-13-25(14-16-26)17-21(27)24(2)22(18-23)11-7-4-8-12-22/h5-6,9-10H,3-4,7-8,11-17H2,1-2H3. The number of rotatable bonds is 6. The lowest BCUT2D eigenvalue weighted by atomic mass is 9.81. The predicted molar refractivity (Wildman–Crippen MR) is 110 cm³/mol. The van der Waals surface area contributed by atoms with Crippen LogP contribution in [0.3, 0.4) is 0 Å². The van der Waals surface area contributed by atoms with Crippen molar-refractivity contribution in [2.45, 2.75) is 44.6 Å². The van der Waals surface area contributed by atoms with Crippen LogP contribution in [0.4, 0.5) is 5.69 Å². The summed E-state index contributed by atoms with van der Waals surface area (Å²) in [6, 6.07) is 10.6. The van der Waals surface area contributed by atoms with Crippen LogP contribution in [0.5, 0.6) is 5.75 Å². The number of likely N-dealkylation sites (N-methyl/N-ethyl adjacent to an activating group) is 1. The summed E-state index contributed by atoms with van der Waals surface area (Å²) in [5.41, 5.74) is 0.520. The molecule has 1 aromatic carbocycles. The van der Waals surface area contributed by atoms with Gasteiger partial charge in [-0.1, -0.05) is 31.4 Å². The van der Waals surface area contributed by atoms with E-state index in [9.17, 15) is 10.1 Å². The van der Waals surface area contributed by atoms with Gasteiger partial charge in [0, 0.05) is 33.2 Å². The summed E-state index contributed by atoms with van der Waals surface area (Å²) in [4.78, 5) is 19.1. The molecule has 6 nitrogen and oxygen atoms in total. The Morgan fingerprint density at radius 2 is 1.86 bits per heavy atom. The Kier molecular flexibility index (Phi) is 6.79. The third-order valence-corrected chi connectivity index (χ3v) is 6.14. The summed E-state index contributed by atoms with van der Waals surface area (Å²) >= 11 is 0. The van der Waals surface area contributed by atoms with Gasteiger partial charge >= 0.3 is 0 Å². The van der Waals surface area contributed by atoms with E-state index < -0.39 is 5.54 Å². The second kappa shape index (κ2) is 9.29. The number of hydrogen-bond donors (Lipinski definition) is 0. The highest BCUT2D eigenvalue weighted by atomic mass is 16.5. The maximum Gasteiger partial charge on any atom is 0.237 e. The quantitative estimate of drug-likeness (QED) is 0.755. The third kappa shape index (κ3) is 4.41. The summed E-state index contributed by atoms with van der Waals surface area (Å²) in [6.45, 7) is 6.44. The van der Waals surface area contributed by atoms with E-state index in [-0.39, 0.29) is 5.91 Å². The molecule has 0 aromatic heterocycles. The van der Waals surface area contributed by atoms with Crippen molar-refractivity contribution in [3.8, 4) is 11.8 Å². The van der Waals surface area contributed by atoms with Crippen molar-refractivity contribution in [1.82, 2.24) is 9.80 Å². The van der Waals surface area contributed by atoms with E-state index in [0.717, 1.165) is 69.7 Å². The Balaban J connectivity index is 1.56. The van der Waals surface area contributed by atoms with Crippen molar-refractivity contribution in [3.05, 3.63) is 24.3 Å². The van der Waals surface area contributed by atoms with E-state index in [1.807, 2.05) is 32.2 Å². The van der Waals surface area contributed by atoms with Crippen LogP contribution in [0.25, 0.3) is 0 Å². The fourth-order valence-electron chi connectivity index (χ4n) is 4.34. The molecule has 2 fully saturated rings. The first-order chi connectivity index (χ1) is 13.6. The highest BCUT2D eigenvalue weighted by molar-refractivity contribution is 5.79. The normalized spacial score (nSPS) is 19.7. The highest BCUT2D eigenvalue weighted by Crippen LogP contribution is 2.33. The molecule has 0 spiro atoms. The Morgan fingerprint density at radius 3 is 2.50 bits per heavy atom.